The van der Waals surface area contributed by atoms with Crippen molar-refractivity contribution >= 4 is 27.5 Å². The van der Waals surface area contributed by atoms with E-state index in [-0.39, 0.29) is 52.5 Å². The molecule has 2 aliphatic heterocycles. The summed E-state index contributed by atoms with van der Waals surface area (Å²) in [5.74, 6) is -0.339. The van der Waals surface area contributed by atoms with Gasteiger partial charge in [-0.05, 0) is 80.5 Å². The van der Waals surface area contributed by atoms with Crippen molar-refractivity contribution in [2.75, 3.05) is 50.9 Å². The van der Waals surface area contributed by atoms with E-state index in [1.54, 1.807) is 19.1 Å². The molecule has 2 aromatic carbocycles. The van der Waals surface area contributed by atoms with Crippen molar-refractivity contribution in [1.82, 2.24) is 19.9 Å². The fourth-order valence-corrected chi connectivity index (χ4v) is 8.86. The van der Waals surface area contributed by atoms with Crippen LogP contribution in [0.5, 0.6) is 11.8 Å². The molecule has 8 rings (SSSR count). The number of rotatable bonds is 7. The van der Waals surface area contributed by atoms with Crippen molar-refractivity contribution in [3.63, 3.8) is 0 Å². The lowest BCUT2D eigenvalue weighted by atomic mass is 9.75. The zero-order chi connectivity index (χ0) is 34.1. The van der Waals surface area contributed by atoms with Crippen LogP contribution in [0.1, 0.15) is 59.3 Å². The summed E-state index contributed by atoms with van der Waals surface area (Å²) in [6.45, 7) is 10.2. The van der Waals surface area contributed by atoms with Gasteiger partial charge in [-0.3, -0.25) is 9.88 Å². The van der Waals surface area contributed by atoms with Crippen LogP contribution in [0.15, 0.2) is 36.5 Å². The van der Waals surface area contributed by atoms with Gasteiger partial charge in [0.2, 0.25) is 0 Å². The van der Waals surface area contributed by atoms with E-state index >= 15 is 8.78 Å². The number of fused-ring (bicyclic) bond motifs is 3. The number of aliphatic hydroxyl groups is 1. The molecule has 11 heteroatoms. The first-order valence-electron chi connectivity index (χ1n) is 17.6. The standard InChI is InChI=1S/C38H45F2N5O4/c1-36(2)17-24(36)19-44-12-6-11-38(10-5-9-29(38)44)22-49-35-42-33-27(34(43-35)45-13-14-48-21-37(3,47)20-45)18-41-32(31(33)40)26-16-25(46)15-23-7-4-8-28(39)30(23)26/h4,7-8,15-16,18,24,29,46-47H,5-6,9-14,17,19-22H2,1-3H3/t24-,29-,37+,38-/m1/s1. The number of hydrogen-bond acceptors (Lipinski definition) is 9. The summed E-state index contributed by atoms with van der Waals surface area (Å²) in [5, 5.41) is 22.4. The molecule has 2 saturated carbocycles. The van der Waals surface area contributed by atoms with Crippen molar-refractivity contribution in [3.05, 3.63) is 48.2 Å². The molecule has 0 amide bonds. The number of phenolic OH excluding ortho intramolecular Hbond substituents is 1. The first-order valence-corrected chi connectivity index (χ1v) is 17.6. The third-order valence-electron chi connectivity index (χ3n) is 11.6. The average molecular weight is 674 g/mol. The lowest BCUT2D eigenvalue weighted by Crippen LogP contribution is -2.52. The van der Waals surface area contributed by atoms with Gasteiger partial charge in [0.25, 0.3) is 0 Å². The topological polar surface area (TPSA) is 104 Å². The van der Waals surface area contributed by atoms with Gasteiger partial charge in [-0.15, -0.1) is 0 Å². The minimum atomic E-state index is -1.17. The summed E-state index contributed by atoms with van der Waals surface area (Å²) in [7, 11) is 0. The maximum Gasteiger partial charge on any atom is 0.319 e. The number of anilines is 1. The molecule has 4 fully saturated rings. The number of halogens is 2. The molecule has 49 heavy (non-hydrogen) atoms. The molecule has 0 unspecified atom stereocenters. The minimum absolute atomic E-state index is 0.0238. The largest absolute Gasteiger partial charge is 0.508 e. The summed E-state index contributed by atoms with van der Waals surface area (Å²) >= 11 is 0. The van der Waals surface area contributed by atoms with Crippen LogP contribution in [-0.4, -0.2) is 87.7 Å². The number of β-amino-alcohol motifs (C(OH)–C–C–N with tert-alkyl or cyclic N) is 1. The van der Waals surface area contributed by atoms with Crippen LogP contribution >= 0.6 is 0 Å². The van der Waals surface area contributed by atoms with Gasteiger partial charge in [-0.2, -0.15) is 9.97 Å². The van der Waals surface area contributed by atoms with E-state index in [4.69, 9.17) is 14.5 Å². The molecule has 0 spiro atoms. The molecule has 4 heterocycles. The number of aromatic nitrogens is 3. The Bertz CT molecular complexity index is 1920. The van der Waals surface area contributed by atoms with Crippen LogP contribution in [0.3, 0.4) is 0 Å². The zero-order valence-electron chi connectivity index (χ0n) is 28.5. The van der Waals surface area contributed by atoms with Gasteiger partial charge in [0.05, 0.1) is 31.8 Å². The van der Waals surface area contributed by atoms with E-state index in [0.717, 1.165) is 51.1 Å². The average Bonchev–Trinajstić information content (AvgIpc) is 3.50. The summed E-state index contributed by atoms with van der Waals surface area (Å²) in [4.78, 5) is 18.5. The molecule has 2 N–H and O–H groups in total. The van der Waals surface area contributed by atoms with Gasteiger partial charge >= 0.3 is 6.01 Å². The maximum atomic E-state index is 16.8. The second-order valence-corrected chi connectivity index (χ2v) is 15.9. The van der Waals surface area contributed by atoms with Gasteiger partial charge in [0, 0.05) is 41.7 Å². The summed E-state index contributed by atoms with van der Waals surface area (Å²) in [6, 6.07) is 7.74. The monoisotopic (exact) mass is 673 g/mol. The van der Waals surface area contributed by atoms with Crippen molar-refractivity contribution in [1.29, 1.82) is 0 Å². The lowest BCUT2D eigenvalue weighted by molar-refractivity contribution is -0.0123. The maximum absolute atomic E-state index is 16.8. The van der Waals surface area contributed by atoms with E-state index in [0.29, 0.717) is 47.8 Å². The first-order chi connectivity index (χ1) is 23.4. The van der Waals surface area contributed by atoms with Crippen molar-refractivity contribution in [2.24, 2.45) is 16.7 Å². The van der Waals surface area contributed by atoms with E-state index in [1.165, 1.54) is 30.8 Å². The van der Waals surface area contributed by atoms with Gasteiger partial charge < -0.3 is 24.6 Å². The van der Waals surface area contributed by atoms with Crippen molar-refractivity contribution in [3.8, 4) is 23.0 Å². The number of aromatic hydroxyl groups is 1. The molecule has 4 aromatic rings. The number of hydrogen-bond donors (Lipinski definition) is 2. The second kappa shape index (κ2) is 12.0. The highest BCUT2D eigenvalue weighted by Crippen LogP contribution is 2.54. The lowest BCUT2D eigenvalue weighted by Gasteiger charge is -2.46. The van der Waals surface area contributed by atoms with Gasteiger partial charge in [-0.25, -0.2) is 8.78 Å². The summed E-state index contributed by atoms with van der Waals surface area (Å²) in [6.07, 6.45) is 8.27. The Kier molecular flexibility index (Phi) is 7.96. The number of likely N-dealkylation sites (tertiary alicyclic amines) is 1. The fraction of sp³-hybridized carbons (Fsp3) is 0.553. The molecule has 9 nitrogen and oxygen atoms in total. The fourth-order valence-electron chi connectivity index (χ4n) is 8.86. The quantitative estimate of drug-likeness (QED) is 0.228. The molecule has 260 valence electrons. The predicted octanol–water partition coefficient (Wildman–Crippen LogP) is 6.48. The Balaban J connectivity index is 1.20. The third-order valence-corrected chi connectivity index (χ3v) is 11.6. The molecular formula is C38H45F2N5O4. The Hall–Kier alpha value is -3.67. The van der Waals surface area contributed by atoms with Gasteiger partial charge in [-0.1, -0.05) is 32.4 Å². The zero-order valence-corrected chi connectivity index (χ0v) is 28.5. The van der Waals surface area contributed by atoms with Crippen LogP contribution in [0, 0.1) is 28.4 Å². The highest BCUT2D eigenvalue weighted by molar-refractivity contribution is 6.00. The number of phenols is 1. The van der Waals surface area contributed by atoms with Crippen molar-refractivity contribution < 1.29 is 28.5 Å². The molecule has 0 bridgehead atoms. The molecule has 4 atom stereocenters. The van der Waals surface area contributed by atoms with Gasteiger partial charge in [0.1, 0.15) is 34.2 Å². The number of benzene rings is 2. The molecule has 0 radical (unpaired) electrons. The molecule has 2 aromatic heterocycles. The molecular weight excluding hydrogens is 628 g/mol. The molecule has 4 aliphatic rings. The smallest absolute Gasteiger partial charge is 0.319 e. The Morgan fingerprint density at radius 3 is 2.71 bits per heavy atom. The normalized spacial score (nSPS) is 28.5. The highest BCUT2D eigenvalue weighted by Gasteiger charge is 2.52. The second-order valence-electron chi connectivity index (χ2n) is 15.9. The van der Waals surface area contributed by atoms with Gasteiger partial charge in [0.15, 0.2) is 5.82 Å². The van der Waals surface area contributed by atoms with Crippen LogP contribution in [0.25, 0.3) is 32.9 Å². The first kappa shape index (κ1) is 32.5. The van der Waals surface area contributed by atoms with Crippen LogP contribution in [0.2, 0.25) is 0 Å². The van der Waals surface area contributed by atoms with Crippen LogP contribution in [-0.2, 0) is 4.74 Å². The Morgan fingerprint density at radius 1 is 1.08 bits per heavy atom. The van der Waals surface area contributed by atoms with Crippen molar-refractivity contribution in [2.45, 2.75) is 70.9 Å². The molecule has 2 saturated heterocycles. The Morgan fingerprint density at radius 2 is 1.90 bits per heavy atom. The number of pyridine rings is 1. The summed E-state index contributed by atoms with van der Waals surface area (Å²) < 4.78 is 44.2. The van der Waals surface area contributed by atoms with Crippen LogP contribution in [0.4, 0.5) is 14.6 Å². The molecule has 2 aliphatic carbocycles. The van der Waals surface area contributed by atoms with E-state index in [9.17, 15) is 10.2 Å². The Labute approximate surface area is 285 Å². The predicted molar refractivity (Wildman–Crippen MR) is 184 cm³/mol. The van der Waals surface area contributed by atoms with E-state index < -0.39 is 17.2 Å². The van der Waals surface area contributed by atoms with E-state index in [2.05, 4.69) is 28.7 Å². The van der Waals surface area contributed by atoms with E-state index in [1.807, 2.05) is 4.90 Å². The number of nitrogens with zero attached hydrogens (tertiary/aromatic N) is 5. The summed E-state index contributed by atoms with van der Waals surface area (Å²) in [5.41, 5.74) is -0.825. The minimum Gasteiger partial charge on any atom is -0.508 e. The third kappa shape index (κ3) is 5.97. The highest BCUT2D eigenvalue weighted by atomic mass is 19.1. The number of ether oxygens (including phenoxy) is 2. The number of piperidine rings is 1. The van der Waals surface area contributed by atoms with Crippen LogP contribution < -0.4 is 9.64 Å². The SMILES string of the molecule is CC1(C)C[C@@H]1CN1CCC[C@@]2(COc3nc(N4CCOC[C@@](C)(O)C4)c4cnc(-c5cc(O)cc6cccc(F)c56)c(F)c4n3)CCC[C@@H]12.